The van der Waals surface area contributed by atoms with Crippen LogP contribution in [0.15, 0.2) is 67.0 Å². The number of alkyl halides is 2. The summed E-state index contributed by atoms with van der Waals surface area (Å²) >= 11 is 0. The van der Waals surface area contributed by atoms with Gasteiger partial charge in [0.25, 0.3) is 11.8 Å². The number of halogens is 2. The highest BCUT2D eigenvalue weighted by Gasteiger charge is 2.26. The fourth-order valence-corrected chi connectivity index (χ4v) is 5.96. The van der Waals surface area contributed by atoms with Crippen molar-refractivity contribution in [2.24, 2.45) is 0 Å². The van der Waals surface area contributed by atoms with Gasteiger partial charge in [-0.3, -0.25) is 19.6 Å². The summed E-state index contributed by atoms with van der Waals surface area (Å²) in [5.74, 6) is -2.85. The largest absolute Gasteiger partial charge is 0.358 e. The molecule has 2 aromatic carbocycles. The lowest BCUT2D eigenvalue weighted by molar-refractivity contribution is 0.0174. The summed E-state index contributed by atoms with van der Waals surface area (Å²) in [6.45, 7) is 6.04. The standard InChI is InChI=1S/C32H35F2N5O/c1-32(33,34)25-7-4-22(5-8-25)19-39-16-12-30-28(21-39)27-17-24(6-9-29(27)37-30)31(40)36-26-10-14-38(15-11-26)20-23-3-2-13-35-18-23/h2-9,13,17-18,26,37H,10-12,14-16,19-21H2,1H3,(H,36,40). The van der Waals surface area contributed by atoms with Gasteiger partial charge in [-0.2, -0.15) is 0 Å². The van der Waals surface area contributed by atoms with Crippen LogP contribution < -0.4 is 5.32 Å². The van der Waals surface area contributed by atoms with Crippen molar-refractivity contribution in [2.75, 3.05) is 19.6 Å². The molecule has 6 rings (SSSR count). The zero-order valence-corrected chi connectivity index (χ0v) is 22.8. The van der Waals surface area contributed by atoms with Gasteiger partial charge in [0.15, 0.2) is 0 Å². The molecule has 4 aromatic rings. The Labute approximate surface area is 233 Å². The minimum Gasteiger partial charge on any atom is -0.358 e. The van der Waals surface area contributed by atoms with Gasteiger partial charge in [-0.15, -0.1) is 0 Å². The smallest absolute Gasteiger partial charge is 0.270 e. The number of piperidine rings is 1. The minimum atomic E-state index is -2.83. The van der Waals surface area contributed by atoms with E-state index < -0.39 is 5.92 Å². The van der Waals surface area contributed by atoms with E-state index in [-0.39, 0.29) is 17.5 Å². The lowest BCUT2D eigenvalue weighted by atomic mass is 10.0. The second kappa shape index (κ2) is 11.1. The maximum atomic E-state index is 13.6. The van der Waals surface area contributed by atoms with Crippen LogP contribution in [0.25, 0.3) is 10.9 Å². The van der Waals surface area contributed by atoms with E-state index in [9.17, 15) is 13.6 Å². The second-order valence-corrected chi connectivity index (χ2v) is 11.3. The van der Waals surface area contributed by atoms with Crippen molar-refractivity contribution in [3.05, 3.63) is 101 Å². The van der Waals surface area contributed by atoms with Crippen LogP contribution in [0.2, 0.25) is 0 Å². The lowest BCUT2D eigenvalue weighted by Crippen LogP contribution is -2.44. The van der Waals surface area contributed by atoms with E-state index in [2.05, 4.69) is 31.2 Å². The van der Waals surface area contributed by atoms with E-state index in [1.807, 2.05) is 30.5 Å². The predicted octanol–water partition coefficient (Wildman–Crippen LogP) is 5.63. The summed E-state index contributed by atoms with van der Waals surface area (Å²) in [5, 5.41) is 4.34. The number of aromatic nitrogens is 2. The number of benzene rings is 2. The molecule has 1 amide bonds. The van der Waals surface area contributed by atoms with Gasteiger partial charge in [0.2, 0.25) is 0 Å². The van der Waals surface area contributed by atoms with Crippen LogP contribution in [-0.2, 0) is 32.0 Å². The van der Waals surface area contributed by atoms with Crippen LogP contribution in [0.3, 0.4) is 0 Å². The minimum absolute atomic E-state index is 0.0250. The summed E-state index contributed by atoms with van der Waals surface area (Å²) in [6, 6.07) is 16.8. The average molecular weight is 544 g/mol. The van der Waals surface area contributed by atoms with Crippen molar-refractivity contribution >= 4 is 16.8 Å². The molecular formula is C32H35F2N5O. The fraction of sp³-hybridized carbons (Fsp3) is 0.375. The molecule has 0 radical (unpaired) electrons. The highest BCUT2D eigenvalue weighted by molar-refractivity contribution is 5.99. The van der Waals surface area contributed by atoms with Crippen molar-refractivity contribution in [1.82, 2.24) is 25.1 Å². The molecule has 0 unspecified atom stereocenters. The maximum absolute atomic E-state index is 13.6. The first-order valence-electron chi connectivity index (χ1n) is 14.1. The fourth-order valence-electron chi connectivity index (χ4n) is 5.96. The number of likely N-dealkylation sites (tertiary alicyclic amines) is 1. The number of amides is 1. The highest BCUT2D eigenvalue weighted by Crippen LogP contribution is 2.30. The monoisotopic (exact) mass is 543 g/mol. The number of nitrogens with one attached hydrogen (secondary N) is 2. The number of fused-ring (bicyclic) bond motifs is 3. The lowest BCUT2D eigenvalue weighted by Gasteiger charge is -2.32. The molecule has 0 saturated carbocycles. The summed E-state index contributed by atoms with van der Waals surface area (Å²) < 4.78 is 27.2. The molecule has 0 spiro atoms. The first-order valence-corrected chi connectivity index (χ1v) is 14.1. The molecule has 208 valence electrons. The molecule has 4 heterocycles. The van der Waals surface area contributed by atoms with Crippen molar-refractivity contribution < 1.29 is 13.6 Å². The zero-order valence-electron chi connectivity index (χ0n) is 22.8. The summed E-state index contributed by atoms with van der Waals surface area (Å²) in [5.41, 5.74) is 6.42. The van der Waals surface area contributed by atoms with Crippen LogP contribution in [0.4, 0.5) is 8.78 Å². The number of hydrogen-bond acceptors (Lipinski definition) is 4. The van der Waals surface area contributed by atoms with Crippen molar-refractivity contribution in [3.8, 4) is 0 Å². The van der Waals surface area contributed by atoms with Gasteiger partial charge in [0, 0.05) is 98.8 Å². The molecule has 1 fully saturated rings. The molecule has 0 atom stereocenters. The van der Waals surface area contributed by atoms with E-state index in [0.717, 1.165) is 75.4 Å². The molecule has 6 nitrogen and oxygen atoms in total. The Morgan fingerprint density at radius 1 is 1.02 bits per heavy atom. The zero-order chi connectivity index (χ0) is 27.7. The summed E-state index contributed by atoms with van der Waals surface area (Å²) in [4.78, 5) is 25.7. The number of carbonyl (C=O) groups excluding carboxylic acids is 1. The molecule has 2 N–H and O–H groups in total. The third-order valence-electron chi connectivity index (χ3n) is 8.24. The van der Waals surface area contributed by atoms with Crippen LogP contribution in [-0.4, -0.2) is 51.4 Å². The maximum Gasteiger partial charge on any atom is 0.270 e. The van der Waals surface area contributed by atoms with E-state index in [4.69, 9.17) is 0 Å². The Hall–Kier alpha value is -3.62. The predicted molar refractivity (Wildman–Crippen MR) is 152 cm³/mol. The average Bonchev–Trinajstić information content (AvgIpc) is 3.32. The number of aromatic amines is 1. The molecule has 8 heteroatoms. The molecule has 0 aliphatic carbocycles. The SMILES string of the molecule is CC(F)(F)c1ccc(CN2CCc3[nH]c4ccc(C(=O)NC5CCN(Cc6cccnc6)CC5)cc4c3C2)cc1. The van der Waals surface area contributed by atoms with E-state index in [1.54, 1.807) is 18.3 Å². The van der Waals surface area contributed by atoms with Crippen LogP contribution in [0.1, 0.15) is 58.1 Å². The molecule has 0 bridgehead atoms. The number of carbonyl (C=O) groups is 1. The van der Waals surface area contributed by atoms with Crippen molar-refractivity contribution in [2.45, 2.75) is 57.8 Å². The quantitative estimate of drug-likeness (QED) is 0.317. The second-order valence-electron chi connectivity index (χ2n) is 11.3. The molecule has 2 aromatic heterocycles. The van der Waals surface area contributed by atoms with Crippen LogP contribution in [0.5, 0.6) is 0 Å². The molecule has 2 aliphatic heterocycles. The number of H-pyrrole nitrogens is 1. The number of rotatable bonds is 7. The first-order chi connectivity index (χ1) is 19.3. The Bertz CT molecular complexity index is 1470. The van der Waals surface area contributed by atoms with Gasteiger partial charge in [-0.25, -0.2) is 8.78 Å². The van der Waals surface area contributed by atoms with E-state index in [0.29, 0.717) is 12.1 Å². The Balaban J connectivity index is 1.08. The summed E-state index contributed by atoms with van der Waals surface area (Å²) in [7, 11) is 0. The number of nitrogens with zero attached hydrogens (tertiary/aromatic N) is 3. The highest BCUT2D eigenvalue weighted by atomic mass is 19.3. The first kappa shape index (κ1) is 26.6. The molecule has 1 saturated heterocycles. The Morgan fingerprint density at radius 3 is 2.52 bits per heavy atom. The van der Waals surface area contributed by atoms with Crippen LogP contribution in [0, 0.1) is 0 Å². The summed E-state index contributed by atoms with van der Waals surface area (Å²) in [6.07, 6.45) is 6.45. The van der Waals surface area contributed by atoms with E-state index >= 15 is 0 Å². The van der Waals surface area contributed by atoms with Crippen molar-refractivity contribution in [1.29, 1.82) is 0 Å². The third kappa shape index (κ3) is 5.93. The van der Waals surface area contributed by atoms with Gasteiger partial charge in [0.1, 0.15) is 0 Å². The topological polar surface area (TPSA) is 64.3 Å². The van der Waals surface area contributed by atoms with Gasteiger partial charge in [-0.1, -0.05) is 30.3 Å². The molecule has 2 aliphatic rings. The van der Waals surface area contributed by atoms with E-state index in [1.165, 1.54) is 29.0 Å². The van der Waals surface area contributed by atoms with Crippen molar-refractivity contribution in [3.63, 3.8) is 0 Å². The number of pyridine rings is 1. The van der Waals surface area contributed by atoms with Gasteiger partial charge < -0.3 is 10.3 Å². The Kier molecular flexibility index (Phi) is 7.38. The molecule has 40 heavy (non-hydrogen) atoms. The van der Waals surface area contributed by atoms with Gasteiger partial charge >= 0.3 is 0 Å². The molecular weight excluding hydrogens is 508 g/mol. The van der Waals surface area contributed by atoms with Gasteiger partial charge in [0.05, 0.1) is 0 Å². The van der Waals surface area contributed by atoms with Crippen LogP contribution >= 0.6 is 0 Å². The Morgan fingerprint density at radius 2 is 1.80 bits per heavy atom. The third-order valence-corrected chi connectivity index (χ3v) is 8.24. The van der Waals surface area contributed by atoms with Gasteiger partial charge in [-0.05, 0) is 53.8 Å². The normalized spacial score (nSPS) is 17.2. The number of hydrogen-bond donors (Lipinski definition) is 2.